The summed E-state index contributed by atoms with van der Waals surface area (Å²) in [5, 5.41) is 0. The predicted octanol–water partition coefficient (Wildman–Crippen LogP) is 6.45. The average molecular weight is 645 g/mol. The van der Waals surface area contributed by atoms with Gasteiger partial charge in [-0.15, -0.1) is 0 Å². The Morgan fingerprint density at radius 2 is 1.06 bits per heavy atom. The lowest BCUT2D eigenvalue weighted by molar-refractivity contribution is -0.141. The molecule has 0 N–H and O–H groups in total. The van der Waals surface area contributed by atoms with E-state index in [4.69, 9.17) is 18.9 Å². The lowest BCUT2D eigenvalue weighted by Crippen LogP contribution is -2.28. The molecule has 47 heavy (non-hydrogen) atoms. The molecule has 8 heteroatoms. The highest BCUT2D eigenvalue weighted by molar-refractivity contribution is 5.93. The molecule has 9 unspecified atom stereocenters. The minimum absolute atomic E-state index is 0.301. The van der Waals surface area contributed by atoms with Crippen LogP contribution in [0.15, 0.2) is 49.1 Å². The fraction of sp³-hybridized carbons (Fsp3) is 0.641. The molecule has 0 spiro atoms. The van der Waals surface area contributed by atoms with Crippen molar-refractivity contribution in [2.75, 3.05) is 26.4 Å². The molecule has 4 bridgehead atoms. The van der Waals surface area contributed by atoms with Gasteiger partial charge in [0.25, 0.3) is 0 Å². The van der Waals surface area contributed by atoms with Crippen molar-refractivity contribution in [3.8, 4) is 0 Å². The zero-order chi connectivity index (χ0) is 32.8. The van der Waals surface area contributed by atoms with Crippen LogP contribution in [0, 0.1) is 71.0 Å². The number of rotatable bonds is 12. The number of hydrogen-bond donors (Lipinski definition) is 0. The number of fused-ring (bicyclic) bond motifs is 10. The smallest absolute Gasteiger partial charge is 0.338 e. The van der Waals surface area contributed by atoms with Gasteiger partial charge in [0.2, 0.25) is 0 Å². The van der Waals surface area contributed by atoms with Gasteiger partial charge in [-0.05, 0) is 154 Å². The number of ether oxygens (including phenoxy) is 4. The molecular weight excluding hydrogens is 596 g/mol. The molecule has 0 radical (unpaired) electrons. The van der Waals surface area contributed by atoms with Crippen LogP contribution in [0.25, 0.3) is 0 Å². The standard InChI is InChI=1S/C39H48O8/c1-4-36(40)44-17-22-9-30-27-14-29(33(16-27)34(30)11-22)20-47-39(43)25-7-5-24(6-8-25)38(42)45-18-23-10-31-26-13-28(19-46-37(41)21(2)3)32(15-26)35(31)12-23/h4-8,22-23,26-35H,1-2,9-20H2,3H3/t22?,23?,26-,27-,28?,29?,30-,31?,32?,33?,34?,35?/m1/s1. The van der Waals surface area contributed by atoms with E-state index in [9.17, 15) is 19.2 Å². The lowest BCUT2D eigenvalue weighted by Gasteiger charge is -2.31. The topological polar surface area (TPSA) is 105 Å². The van der Waals surface area contributed by atoms with Gasteiger partial charge in [-0.1, -0.05) is 13.2 Å². The fourth-order valence-corrected chi connectivity index (χ4v) is 11.2. The quantitative estimate of drug-likeness (QED) is 0.145. The molecule has 1 aromatic carbocycles. The number of hydrogen-bond acceptors (Lipinski definition) is 8. The fourth-order valence-electron chi connectivity index (χ4n) is 11.2. The van der Waals surface area contributed by atoms with Gasteiger partial charge in [0.05, 0.1) is 37.6 Å². The van der Waals surface area contributed by atoms with Crippen molar-refractivity contribution in [3.05, 3.63) is 60.2 Å². The molecule has 0 saturated heterocycles. The van der Waals surface area contributed by atoms with Gasteiger partial charge in [-0.25, -0.2) is 19.2 Å². The minimum Gasteiger partial charge on any atom is -0.462 e. The van der Waals surface area contributed by atoms with Gasteiger partial charge in [0, 0.05) is 11.6 Å². The molecule has 6 aliphatic rings. The zero-order valence-corrected chi connectivity index (χ0v) is 27.5. The Hall–Kier alpha value is -3.42. The van der Waals surface area contributed by atoms with Crippen LogP contribution in [-0.2, 0) is 28.5 Å². The molecule has 12 atom stereocenters. The summed E-state index contributed by atoms with van der Waals surface area (Å²) in [5.41, 5.74) is 1.32. The van der Waals surface area contributed by atoms with Gasteiger partial charge >= 0.3 is 23.9 Å². The Morgan fingerprint density at radius 3 is 1.55 bits per heavy atom. The average Bonchev–Trinajstić information content (AvgIpc) is 3.91. The Labute approximate surface area is 277 Å². The van der Waals surface area contributed by atoms with E-state index in [1.807, 2.05) is 0 Å². The van der Waals surface area contributed by atoms with Crippen LogP contribution in [0.3, 0.4) is 0 Å². The molecule has 0 aromatic heterocycles. The number of esters is 4. The maximum Gasteiger partial charge on any atom is 0.338 e. The summed E-state index contributed by atoms with van der Waals surface area (Å²) in [7, 11) is 0. The normalized spacial score (nSPS) is 37.2. The second-order valence-electron chi connectivity index (χ2n) is 15.6. The summed E-state index contributed by atoms with van der Waals surface area (Å²) in [5.74, 6) is 5.37. The Bertz CT molecular complexity index is 1410. The van der Waals surface area contributed by atoms with Crippen molar-refractivity contribution in [1.29, 1.82) is 0 Å². The van der Waals surface area contributed by atoms with Crippen LogP contribution < -0.4 is 0 Å². The highest BCUT2D eigenvalue weighted by atomic mass is 16.5. The molecular formula is C39H48O8. The van der Waals surface area contributed by atoms with Gasteiger partial charge in [0.15, 0.2) is 0 Å². The van der Waals surface area contributed by atoms with Crippen molar-refractivity contribution in [3.63, 3.8) is 0 Å². The largest absolute Gasteiger partial charge is 0.462 e. The Morgan fingerprint density at radius 1 is 0.617 bits per heavy atom. The van der Waals surface area contributed by atoms with Gasteiger partial charge in [-0.3, -0.25) is 0 Å². The van der Waals surface area contributed by atoms with Crippen LogP contribution in [0.2, 0.25) is 0 Å². The van der Waals surface area contributed by atoms with E-state index in [1.54, 1.807) is 31.2 Å². The number of carbonyl (C=O) groups excluding carboxylic acids is 4. The molecule has 1 aromatic rings. The van der Waals surface area contributed by atoms with Crippen molar-refractivity contribution in [2.24, 2.45) is 71.0 Å². The minimum atomic E-state index is -0.361. The summed E-state index contributed by atoms with van der Waals surface area (Å²) in [6, 6.07) is 6.61. The Kier molecular flexibility index (Phi) is 9.05. The first-order valence-electron chi connectivity index (χ1n) is 17.7. The molecule has 0 heterocycles. The lowest BCUT2D eigenvalue weighted by atomic mass is 9.76. The molecule has 0 aliphatic heterocycles. The Balaban J connectivity index is 0.833. The van der Waals surface area contributed by atoms with Gasteiger partial charge in [0.1, 0.15) is 0 Å². The van der Waals surface area contributed by atoms with E-state index >= 15 is 0 Å². The highest BCUT2D eigenvalue weighted by Crippen LogP contribution is 2.63. The van der Waals surface area contributed by atoms with Crippen molar-refractivity contribution < 1.29 is 38.1 Å². The molecule has 6 aliphatic carbocycles. The van der Waals surface area contributed by atoms with Crippen molar-refractivity contribution in [1.82, 2.24) is 0 Å². The monoisotopic (exact) mass is 644 g/mol. The maximum absolute atomic E-state index is 12.9. The first kappa shape index (κ1) is 32.1. The summed E-state index contributed by atoms with van der Waals surface area (Å²) < 4.78 is 22.4. The van der Waals surface area contributed by atoms with Crippen molar-refractivity contribution in [2.45, 2.75) is 58.3 Å². The second-order valence-corrected chi connectivity index (χ2v) is 15.6. The predicted molar refractivity (Wildman–Crippen MR) is 173 cm³/mol. The third kappa shape index (κ3) is 6.41. The van der Waals surface area contributed by atoms with E-state index in [1.165, 1.54) is 18.9 Å². The summed E-state index contributed by atoms with van der Waals surface area (Å²) in [6.07, 6.45) is 10.2. The molecule has 6 fully saturated rings. The van der Waals surface area contributed by atoms with E-state index in [-0.39, 0.29) is 23.9 Å². The number of benzene rings is 1. The van der Waals surface area contributed by atoms with E-state index < -0.39 is 0 Å². The third-order valence-corrected chi connectivity index (χ3v) is 13.0. The zero-order valence-electron chi connectivity index (χ0n) is 27.5. The first-order chi connectivity index (χ1) is 22.7. The molecule has 8 nitrogen and oxygen atoms in total. The van der Waals surface area contributed by atoms with Gasteiger partial charge in [-0.2, -0.15) is 0 Å². The molecule has 7 rings (SSSR count). The summed E-state index contributed by atoms with van der Waals surface area (Å²) >= 11 is 0. The van der Waals surface area contributed by atoms with Crippen LogP contribution >= 0.6 is 0 Å². The van der Waals surface area contributed by atoms with Gasteiger partial charge < -0.3 is 18.9 Å². The van der Waals surface area contributed by atoms with E-state index in [0.29, 0.717) is 114 Å². The van der Waals surface area contributed by atoms with E-state index in [0.717, 1.165) is 38.5 Å². The summed E-state index contributed by atoms with van der Waals surface area (Å²) in [4.78, 5) is 49.1. The van der Waals surface area contributed by atoms with Crippen LogP contribution in [0.4, 0.5) is 0 Å². The molecule has 252 valence electrons. The van der Waals surface area contributed by atoms with E-state index in [2.05, 4.69) is 13.2 Å². The van der Waals surface area contributed by atoms with Crippen LogP contribution in [0.5, 0.6) is 0 Å². The maximum atomic E-state index is 12.9. The second kappa shape index (κ2) is 13.2. The molecule has 0 amide bonds. The SMILES string of the molecule is C=CC(=O)OCC1CC2C3C[C@@H](CC3COC(=O)c3ccc(C(=O)OCC4CC5C6C[C@@H](CC6COC(=O)C(=C)C)C5C4)cc3)[C@H]2C1. The van der Waals surface area contributed by atoms with Crippen LogP contribution in [0.1, 0.15) is 79.0 Å². The summed E-state index contributed by atoms with van der Waals surface area (Å²) in [6.45, 7) is 10.6. The number of carbonyl (C=O) groups is 4. The third-order valence-electron chi connectivity index (χ3n) is 13.0. The highest BCUT2D eigenvalue weighted by Gasteiger charge is 2.57. The van der Waals surface area contributed by atoms with Crippen LogP contribution in [-0.4, -0.2) is 50.3 Å². The molecule has 6 saturated carbocycles. The van der Waals surface area contributed by atoms with Crippen molar-refractivity contribution >= 4 is 23.9 Å². The first-order valence-corrected chi connectivity index (χ1v) is 17.7.